The number of rotatable bonds is 3. The van der Waals surface area contributed by atoms with Crippen molar-refractivity contribution in [2.24, 2.45) is 56.2 Å². The number of carbonyl (C=O) groups is 2. The number of benzene rings is 1. The van der Waals surface area contributed by atoms with Gasteiger partial charge in [0.2, 0.25) is 0 Å². The maximum atomic E-state index is 13.4. The highest BCUT2D eigenvalue weighted by Gasteiger charge is 2.73. The molecule has 5 nitrogen and oxygen atoms in total. The standard InChI is InChI=1S/C38H54O5/c1-33(2)18-20-38-21-19-36(6)25(29(38)30(33)42-22-38)12-13-27-35(5)16-15-28(34(3,4)26(35)14-17-37(27,36)7)43-32(41)24-11-9-8-10-23(24)31(39)40/h8-11,25-30H,12-22H2,1-7H3,(H,39,40)/t25-,26-,27-,28+,29+,30+,35-,36+,37+,38-/m0/s1. The molecule has 2 bridgehead atoms. The molecule has 0 amide bonds. The Labute approximate surface area is 258 Å². The normalized spacial score (nSPS) is 47.3. The van der Waals surface area contributed by atoms with Crippen LogP contribution in [0.5, 0.6) is 0 Å². The second kappa shape index (κ2) is 9.33. The Morgan fingerprint density at radius 3 is 2.21 bits per heavy atom. The van der Waals surface area contributed by atoms with Crippen LogP contribution >= 0.6 is 0 Å². The first kappa shape index (κ1) is 29.8. The molecule has 1 aromatic carbocycles. The summed E-state index contributed by atoms with van der Waals surface area (Å²) < 4.78 is 13.0. The van der Waals surface area contributed by atoms with Crippen molar-refractivity contribution < 1.29 is 24.2 Å². The monoisotopic (exact) mass is 590 g/mol. The predicted molar refractivity (Wildman–Crippen MR) is 167 cm³/mol. The van der Waals surface area contributed by atoms with Crippen LogP contribution in [0.15, 0.2) is 24.3 Å². The zero-order valence-electron chi connectivity index (χ0n) is 27.6. The molecule has 6 aliphatic rings. The minimum absolute atomic E-state index is 0.0128. The SMILES string of the molecule is CC1(C)CC[C@@]23CC[C@]4(C)[C@@H](CC[C@H]5[C@@]6(C)CC[C@@H](OC(=O)c7ccccc7C(=O)O)C(C)(C)[C@@H]6CC[C@]54C)[C@@H]2[C@H]1OC3. The third-order valence-electron chi connectivity index (χ3n) is 15.7. The average Bonchev–Trinajstić information content (AvgIpc) is 3.29. The number of hydrogen-bond acceptors (Lipinski definition) is 4. The van der Waals surface area contributed by atoms with E-state index >= 15 is 0 Å². The topological polar surface area (TPSA) is 72.8 Å². The van der Waals surface area contributed by atoms with Crippen LogP contribution in [0.2, 0.25) is 0 Å². The van der Waals surface area contributed by atoms with E-state index in [-0.39, 0.29) is 33.5 Å². The molecule has 6 fully saturated rings. The van der Waals surface area contributed by atoms with Gasteiger partial charge in [-0.25, -0.2) is 9.59 Å². The summed E-state index contributed by atoms with van der Waals surface area (Å²) in [5.74, 6) is 0.976. The summed E-state index contributed by atoms with van der Waals surface area (Å²) in [5.41, 5.74) is 1.49. The van der Waals surface area contributed by atoms with Crippen LogP contribution in [0.25, 0.3) is 0 Å². The van der Waals surface area contributed by atoms with Crippen molar-refractivity contribution in [3.63, 3.8) is 0 Å². The van der Waals surface area contributed by atoms with Crippen molar-refractivity contribution in [3.05, 3.63) is 35.4 Å². The Balaban J connectivity index is 1.16. The fourth-order valence-electron chi connectivity index (χ4n) is 13.2. The highest BCUT2D eigenvalue weighted by atomic mass is 16.5. The fraction of sp³-hybridized carbons (Fsp3) is 0.789. The Hall–Kier alpha value is -1.88. The zero-order chi connectivity index (χ0) is 30.8. The molecule has 1 heterocycles. The fourth-order valence-corrected chi connectivity index (χ4v) is 13.2. The van der Waals surface area contributed by atoms with E-state index in [9.17, 15) is 14.7 Å². The first-order valence-electron chi connectivity index (χ1n) is 17.3. The first-order chi connectivity index (χ1) is 20.1. The molecule has 7 rings (SSSR count). The Kier molecular flexibility index (Phi) is 6.47. The number of hydrogen-bond donors (Lipinski definition) is 1. The Morgan fingerprint density at radius 2 is 1.49 bits per heavy atom. The first-order valence-corrected chi connectivity index (χ1v) is 17.3. The zero-order valence-corrected chi connectivity index (χ0v) is 27.6. The van der Waals surface area contributed by atoms with Crippen LogP contribution in [0.4, 0.5) is 0 Å². The third-order valence-corrected chi connectivity index (χ3v) is 15.7. The van der Waals surface area contributed by atoms with Crippen molar-refractivity contribution >= 4 is 11.9 Å². The van der Waals surface area contributed by atoms with Crippen LogP contribution in [0.3, 0.4) is 0 Å². The lowest BCUT2D eigenvalue weighted by atomic mass is 9.31. The minimum Gasteiger partial charge on any atom is -0.478 e. The maximum Gasteiger partial charge on any atom is 0.339 e. The number of carboxylic acid groups (broad SMARTS) is 1. The summed E-state index contributed by atoms with van der Waals surface area (Å²) in [6.07, 6.45) is 12.4. The molecule has 0 spiro atoms. The summed E-state index contributed by atoms with van der Waals surface area (Å²) >= 11 is 0. The summed E-state index contributed by atoms with van der Waals surface area (Å²) in [6, 6.07) is 6.43. The Morgan fingerprint density at radius 1 is 0.791 bits per heavy atom. The molecule has 0 radical (unpaired) electrons. The summed E-state index contributed by atoms with van der Waals surface area (Å²) in [5, 5.41) is 9.66. The molecular weight excluding hydrogens is 536 g/mol. The van der Waals surface area contributed by atoms with Gasteiger partial charge in [-0.1, -0.05) is 60.6 Å². The molecule has 10 atom stereocenters. The van der Waals surface area contributed by atoms with Gasteiger partial charge in [0.25, 0.3) is 0 Å². The van der Waals surface area contributed by atoms with E-state index in [0.29, 0.717) is 40.1 Å². The van der Waals surface area contributed by atoms with E-state index < -0.39 is 11.9 Å². The quantitative estimate of drug-likeness (QED) is 0.356. The van der Waals surface area contributed by atoms with E-state index in [0.717, 1.165) is 25.4 Å². The molecule has 43 heavy (non-hydrogen) atoms. The predicted octanol–water partition coefficient (Wildman–Crippen LogP) is 8.80. The summed E-state index contributed by atoms with van der Waals surface area (Å²) in [6.45, 7) is 18.5. The van der Waals surface area contributed by atoms with Crippen LogP contribution in [-0.2, 0) is 9.47 Å². The van der Waals surface area contributed by atoms with Crippen molar-refractivity contribution in [1.82, 2.24) is 0 Å². The van der Waals surface area contributed by atoms with E-state index in [1.165, 1.54) is 57.4 Å². The van der Waals surface area contributed by atoms with E-state index in [1.54, 1.807) is 18.2 Å². The highest BCUT2D eigenvalue weighted by molar-refractivity contribution is 6.02. The van der Waals surface area contributed by atoms with Crippen LogP contribution < -0.4 is 0 Å². The van der Waals surface area contributed by atoms with Gasteiger partial charge in [0.1, 0.15) is 6.10 Å². The van der Waals surface area contributed by atoms with Crippen molar-refractivity contribution in [2.75, 3.05) is 6.61 Å². The van der Waals surface area contributed by atoms with Crippen molar-refractivity contribution in [1.29, 1.82) is 0 Å². The molecule has 1 saturated heterocycles. The minimum atomic E-state index is -1.09. The molecule has 236 valence electrons. The van der Waals surface area contributed by atoms with Gasteiger partial charge in [0.05, 0.1) is 23.8 Å². The number of carboxylic acids is 1. The van der Waals surface area contributed by atoms with Gasteiger partial charge in [0.15, 0.2) is 0 Å². The third kappa shape index (κ3) is 3.85. The number of aromatic carboxylic acids is 1. The van der Waals surface area contributed by atoms with Crippen LogP contribution in [0, 0.1) is 56.2 Å². The molecule has 1 N–H and O–H groups in total. The van der Waals surface area contributed by atoms with Gasteiger partial charge in [0, 0.05) is 5.41 Å². The molecule has 5 aliphatic carbocycles. The largest absolute Gasteiger partial charge is 0.478 e. The van der Waals surface area contributed by atoms with Gasteiger partial charge in [-0.3, -0.25) is 0 Å². The van der Waals surface area contributed by atoms with Crippen LogP contribution in [0.1, 0.15) is 133 Å². The summed E-state index contributed by atoms with van der Waals surface area (Å²) in [7, 11) is 0. The van der Waals surface area contributed by atoms with Gasteiger partial charge in [-0.15, -0.1) is 0 Å². The lowest BCUT2D eigenvalue weighted by Crippen LogP contribution is -2.68. The molecule has 0 aromatic heterocycles. The van der Waals surface area contributed by atoms with E-state index in [1.807, 2.05) is 0 Å². The van der Waals surface area contributed by atoms with E-state index in [2.05, 4.69) is 48.5 Å². The number of esters is 1. The van der Waals surface area contributed by atoms with Gasteiger partial charge in [-0.05, 0) is 127 Å². The van der Waals surface area contributed by atoms with Gasteiger partial charge in [-0.2, -0.15) is 0 Å². The lowest BCUT2D eigenvalue weighted by Gasteiger charge is -2.73. The molecular formula is C38H54O5. The van der Waals surface area contributed by atoms with Crippen LogP contribution in [-0.4, -0.2) is 35.9 Å². The average molecular weight is 591 g/mol. The molecule has 1 aliphatic heterocycles. The van der Waals surface area contributed by atoms with E-state index in [4.69, 9.17) is 9.47 Å². The second-order valence-electron chi connectivity index (χ2n) is 17.9. The highest BCUT2D eigenvalue weighted by Crippen LogP contribution is 2.78. The van der Waals surface area contributed by atoms with Gasteiger partial charge >= 0.3 is 11.9 Å². The molecule has 1 aromatic rings. The molecule has 5 saturated carbocycles. The van der Waals surface area contributed by atoms with Crippen molar-refractivity contribution in [3.8, 4) is 0 Å². The molecule has 0 unspecified atom stereocenters. The van der Waals surface area contributed by atoms with Gasteiger partial charge < -0.3 is 14.6 Å². The number of fused-ring (bicyclic) bond motifs is 5. The molecule has 5 heteroatoms. The summed E-state index contributed by atoms with van der Waals surface area (Å²) in [4.78, 5) is 25.2. The smallest absolute Gasteiger partial charge is 0.339 e. The maximum absolute atomic E-state index is 13.4. The van der Waals surface area contributed by atoms with Crippen molar-refractivity contribution in [2.45, 2.75) is 125 Å². The number of carbonyl (C=O) groups excluding carboxylic acids is 1. The second-order valence-corrected chi connectivity index (χ2v) is 17.9. The lowest BCUT2D eigenvalue weighted by molar-refractivity contribution is -0.252. The Bertz CT molecular complexity index is 1330. The number of ether oxygens (including phenoxy) is 2.